The molecule has 1 rings (SSSR count). The highest BCUT2D eigenvalue weighted by atomic mass is 15.6. The van der Waals surface area contributed by atoms with Crippen LogP contribution in [-0.4, -0.2) is 0 Å². The Labute approximate surface area is 36.4 Å². The first-order valence-corrected chi connectivity index (χ1v) is 1.90. The van der Waals surface area contributed by atoms with Crippen LogP contribution < -0.4 is 16.4 Å². The summed E-state index contributed by atoms with van der Waals surface area (Å²) in [6.07, 6.45) is 1.90. The van der Waals surface area contributed by atoms with Crippen LogP contribution in [0, 0.1) is 0 Å². The van der Waals surface area contributed by atoms with Gasteiger partial charge in [-0.3, -0.25) is 5.43 Å². The van der Waals surface area contributed by atoms with Gasteiger partial charge in [-0.05, 0) is 0 Å². The van der Waals surface area contributed by atoms with E-state index < -0.39 is 0 Å². The van der Waals surface area contributed by atoms with Crippen molar-refractivity contribution in [2.75, 3.05) is 0 Å². The number of nitrogens with one attached hydrogen (secondary N) is 2. The molecule has 0 spiro atoms. The monoisotopic (exact) mass is 86.1 g/mol. The predicted octanol–water partition coefficient (Wildman–Crippen LogP) is -1.57. The van der Waals surface area contributed by atoms with Gasteiger partial charge in [0.15, 0.2) is 0 Å². The van der Waals surface area contributed by atoms with Crippen molar-refractivity contribution in [2.45, 2.75) is 6.92 Å². The van der Waals surface area contributed by atoms with Crippen LogP contribution in [0.1, 0.15) is 6.92 Å². The Balaban J connectivity index is 2.45. The highest BCUT2D eigenvalue weighted by Gasteiger charge is 1.95. The number of nitrogens with two attached hydrogens (primary N) is 1. The van der Waals surface area contributed by atoms with E-state index in [-0.39, 0.29) is 0 Å². The maximum atomic E-state index is 2.80. The highest BCUT2D eigenvalue weighted by molar-refractivity contribution is 4.82. The summed E-state index contributed by atoms with van der Waals surface area (Å²) in [4.78, 5) is 0. The first kappa shape index (κ1) is 3.64. The average molecular weight is 86.1 g/mol. The molecule has 0 amide bonds. The lowest BCUT2D eigenvalue weighted by atomic mass is 10.6. The maximum Gasteiger partial charge on any atom is 0.140 e. The third-order valence-corrected chi connectivity index (χ3v) is 0.683. The van der Waals surface area contributed by atoms with Crippen molar-refractivity contribution in [1.29, 1.82) is 0 Å². The highest BCUT2D eigenvalue weighted by Crippen LogP contribution is 1.70. The minimum absolute atomic E-state index is 1.23. The standard InChI is InChI=1S/C3H7N3/c1-3-2-4-6-5-3/h2,4-6H,1H3/p+1. The molecule has 0 bridgehead atoms. The van der Waals surface area contributed by atoms with Gasteiger partial charge >= 0.3 is 0 Å². The van der Waals surface area contributed by atoms with Gasteiger partial charge in [0, 0.05) is 6.92 Å². The molecule has 6 heavy (non-hydrogen) atoms. The summed E-state index contributed by atoms with van der Waals surface area (Å²) in [5.74, 6) is 0. The largest absolute Gasteiger partial charge is 0.279 e. The zero-order valence-corrected chi connectivity index (χ0v) is 3.65. The summed E-state index contributed by atoms with van der Waals surface area (Å²) in [6, 6.07) is 0. The SMILES string of the molecule is CC1=CNN[NH2+]1. The van der Waals surface area contributed by atoms with E-state index in [0.717, 1.165) is 0 Å². The molecule has 34 valence electrons. The van der Waals surface area contributed by atoms with Crippen LogP contribution in [0.2, 0.25) is 0 Å². The Morgan fingerprint density at radius 3 is 2.83 bits per heavy atom. The van der Waals surface area contributed by atoms with Crippen molar-refractivity contribution in [1.82, 2.24) is 11.0 Å². The molecule has 1 aliphatic rings. The normalized spacial score (nSPS) is 19.8. The summed E-state index contributed by atoms with van der Waals surface area (Å²) < 4.78 is 0. The molecular formula is C3H8N3+. The number of quaternary nitrogens is 1. The van der Waals surface area contributed by atoms with Gasteiger partial charge in [-0.2, -0.15) is 0 Å². The molecule has 0 fully saturated rings. The molecule has 0 atom stereocenters. The van der Waals surface area contributed by atoms with Gasteiger partial charge < -0.3 is 0 Å². The first-order valence-electron chi connectivity index (χ1n) is 1.90. The molecule has 3 heteroatoms. The van der Waals surface area contributed by atoms with E-state index in [0.29, 0.717) is 0 Å². The van der Waals surface area contributed by atoms with Gasteiger partial charge in [-0.25, -0.2) is 5.43 Å². The second-order valence-electron chi connectivity index (χ2n) is 1.32. The van der Waals surface area contributed by atoms with Crippen LogP contribution in [0.4, 0.5) is 0 Å². The smallest absolute Gasteiger partial charge is 0.140 e. The lowest BCUT2D eigenvalue weighted by Crippen LogP contribution is -2.90. The number of rotatable bonds is 0. The van der Waals surface area contributed by atoms with Crippen molar-refractivity contribution in [3.05, 3.63) is 11.9 Å². The summed E-state index contributed by atoms with van der Waals surface area (Å²) in [7, 11) is 0. The fraction of sp³-hybridized carbons (Fsp3) is 0.333. The molecule has 1 aliphatic heterocycles. The van der Waals surface area contributed by atoms with Gasteiger partial charge in [-0.1, -0.05) is 5.53 Å². The van der Waals surface area contributed by atoms with Gasteiger partial charge in [0.25, 0.3) is 0 Å². The molecule has 0 saturated carbocycles. The fourth-order valence-corrected chi connectivity index (χ4v) is 0.353. The van der Waals surface area contributed by atoms with E-state index in [2.05, 4.69) is 11.0 Å². The third-order valence-electron chi connectivity index (χ3n) is 0.683. The van der Waals surface area contributed by atoms with Gasteiger partial charge in [0.1, 0.15) is 5.70 Å². The Kier molecular flexibility index (Phi) is 0.777. The van der Waals surface area contributed by atoms with Gasteiger partial charge in [-0.15, -0.1) is 0 Å². The summed E-state index contributed by atoms with van der Waals surface area (Å²) >= 11 is 0. The minimum atomic E-state index is 1.23. The van der Waals surface area contributed by atoms with E-state index in [4.69, 9.17) is 0 Å². The minimum Gasteiger partial charge on any atom is -0.279 e. The van der Waals surface area contributed by atoms with Crippen molar-refractivity contribution < 1.29 is 5.43 Å². The molecule has 0 aliphatic carbocycles. The first-order chi connectivity index (χ1) is 2.89. The van der Waals surface area contributed by atoms with Crippen LogP contribution in [0.25, 0.3) is 0 Å². The van der Waals surface area contributed by atoms with Crippen LogP contribution in [-0.2, 0) is 0 Å². The second kappa shape index (κ2) is 1.28. The topological polar surface area (TPSA) is 40.7 Å². The van der Waals surface area contributed by atoms with E-state index in [9.17, 15) is 0 Å². The van der Waals surface area contributed by atoms with Crippen LogP contribution >= 0.6 is 0 Å². The quantitative estimate of drug-likeness (QED) is 0.312. The fourth-order valence-electron chi connectivity index (χ4n) is 0.353. The molecule has 0 saturated heterocycles. The van der Waals surface area contributed by atoms with E-state index in [1.54, 1.807) is 0 Å². The molecule has 0 aromatic carbocycles. The Morgan fingerprint density at radius 1 is 1.83 bits per heavy atom. The zero-order chi connectivity index (χ0) is 4.41. The number of hydrogen-bond donors (Lipinski definition) is 3. The van der Waals surface area contributed by atoms with E-state index >= 15 is 0 Å². The van der Waals surface area contributed by atoms with Crippen molar-refractivity contribution in [3.8, 4) is 0 Å². The molecule has 3 nitrogen and oxygen atoms in total. The molecule has 0 aromatic rings. The van der Waals surface area contributed by atoms with Crippen molar-refractivity contribution in [2.24, 2.45) is 0 Å². The lowest BCUT2D eigenvalue weighted by Gasteiger charge is -1.83. The summed E-state index contributed by atoms with van der Waals surface area (Å²) in [6.45, 7) is 2.02. The molecule has 4 N–H and O–H groups in total. The average Bonchev–Trinajstić information content (AvgIpc) is 1.86. The van der Waals surface area contributed by atoms with Crippen LogP contribution in [0.15, 0.2) is 11.9 Å². The number of allylic oxidation sites excluding steroid dienone is 1. The lowest BCUT2D eigenvalue weighted by molar-refractivity contribution is -0.662. The molecular weight excluding hydrogens is 78.1 g/mol. The summed E-state index contributed by atoms with van der Waals surface area (Å²) in [5.41, 5.74) is 8.74. The van der Waals surface area contributed by atoms with E-state index in [1.807, 2.05) is 18.5 Å². The summed E-state index contributed by atoms with van der Waals surface area (Å²) in [5, 5.41) is 0. The van der Waals surface area contributed by atoms with Crippen LogP contribution in [0.5, 0.6) is 0 Å². The zero-order valence-electron chi connectivity index (χ0n) is 3.65. The molecule has 0 unspecified atom stereocenters. The third kappa shape index (κ3) is 0.502. The number of hydrogen-bond acceptors (Lipinski definition) is 2. The van der Waals surface area contributed by atoms with Crippen molar-refractivity contribution in [3.63, 3.8) is 0 Å². The molecule has 0 aromatic heterocycles. The van der Waals surface area contributed by atoms with Crippen molar-refractivity contribution >= 4 is 0 Å². The van der Waals surface area contributed by atoms with Gasteiger partial charge in [0.05, 0.1) is 6.20 Å². The second-order valence-corrected chi connectivity index (χ2v) is 1.32. The predicted molar refractivity (Wildman–Crippen MR) is 22.0 cm³/mol. The Hall–Kier alpha value is -0.540. The van der Waals surface area contributed by atoms with E-state index in [1.165, 1.54) is 5.70 Å². The molecule has 0 radical (unpaired) electrons. The van der Waals surface area contributed by atoms with Crippen LogP contribution in [0.3, 0.4) is 0 Å². The Bertz CT molecular complexity index is 76.1. The molecule has 1 heterocycles. The number of hydrazine groups is 1. The Morgan fingerprint density at radius 2 is 2.67 bits per heavy atom. The maximum absolute atomic E-state index is 2.80. The van der Waals surface area contributed by atoms with Gasteiger partial charge in [0.2, 0.25) is 0 Å².